The molecule has 0 bridgehead atoms. The number of H-pyrrole nitrogens is 1. The molecule has 3 heterocycles. The van der Waals surface area contributed by atoms with Crippen molar-refractivity contribution in [2.45, 2.75) is 68.2 Å². The quantitative estimate of drug-likeness (QED) is 0.137. The molecule has 2 nitrogen and oxygen atoms in total. The van der Waals surface area contributed by atoms with E-state index in [0.717, 1.165) is 0 Å². The average molecular weight is 705 g/mol. The Morgan fingerprint density at radius 2 is 1.29 bits per heavy atom. The zero-order chi connectivity index (χ0) is 37.6. The first-order valence-corrected chi connectivity index (χ1v) is 19.5. The molecule has 0 spiro atoms. The van der Waals surface area contributed by atoms with E-state index in [-0.39, 0.29) is 0 Å². The molecule has 0 aliphatic heterocycles. The summed E-state index contributed by atoms with van der Waals surface area (Å²) in [7, 11) is 2.15. The minimum Gasteiger partial charge on any atom is -0.361 e. The van der Waals surface area contributed by atoms with Crippen LogP contribution in [-0.2, 0) is 7.05 Å². The zero-order valence-electron chi connectivity index (χ0n) is 32.8. The SMILES string of the molecule is C/C=C\C(C)c1ccc(C)cc1.CC.CC.Cc1sc2ccccc2c1C.Cn1c2cccc3ccc4c5[nH]ccc5cc1c4c32.c1ccccc1. The lowest BCUT2D eigenvalue weighted by Gasteiger charge is -2.05. The minimum atomic E-state index is 0.538. The first-order chi connectivity index (χ1) is 25.4. The predicted molar refractivity (Wildman–Crippen MR) is 236 cm³/mol. The second-order valence-corrected chi connectivity index (χ2v) is 13.7. The molecule has 0 saturated carbocycles. The van der Waals surface area contributed by atoms with E-state index >= 15 is 0 Å². The van der Waals surface area contributed by atoms with Crippen LogP contribution in [0.1, 0.15) is 69.0 Å². The van der Waals surface area contributed by atoms with Gasteiger partial charge in [0.2, 0.25) is 0 Å². The normalized spacial score (nSPS) is 11.1. The Morgan fingerprint density at radius 1 is 0.635 bits per heavy atom. The van der Waals surface area contributed by atoms with E-state index in [4.69, 9.17) is 0 Å². The smallest absolute Gasteiger partial charge is 0.0535 e. The number of thiophene rings is 1. The van der Waals surface area contributed by atoms with Crippen molar-refractivity contribution in [1.82, 2.24) is 9.55 Å². The van der Waals surface area contributed by atoms with Gasteiger partial charge in [-0.05, 0) is 79.8 Å². The summed E-state index contributed by atoms with van der Waals surface area (Å²) in [5.41, 5.74) is 8.01. The van der Waals surface area contributed by atoms with E-state index in [9.17, 15) is 0 Å². The van der Waals surface area contributed by atoms with Crippen LogP contribution in [0.15, 0.2) is 146 Å². The fraction of sp³-hybridized carbons (Fsp3) is 0.224. The predicted octanol–water partition coefficient (Wildman–Crippen LogP) is 15.3. The maximum Gasteiger partial charge on any atom is 0.0535 e. The highest BCUT2D eigenvalue weighted by Crippen LogP contribution is 2.39. The lowest BCUT2D eigenvalue weighted by atomic mass is 10.00. The number of rotatable bonds is 2. The summed E-state index contributed by atoms with van der Waals surface area (Å²) in [6.07, 6.45) is 6.33. The van der Waals surface area contributed by atoms with E-state index < -0.39 is 0 Å². The van der Waals surface area contributed by atoms with Gasteiger partial charge in [-0.2, -0.15) is 0 Å². The topological polar surface area (TPSA) is 20.7 Å². The molecule has 268 valence electrons. The van der Waals surface area contributed by atoms with Crippen molar-refractivity contribution in [2.75, 3.05) is 0 Å². The van der Waals surface area contributed by atoms with Crippen molar-refractivity contribution in [1.29, 1.82) is 0 Å². The molecule has 6 aromatic carbocycles. The number of allylic oxidation sites excluding steroid dienone is 2. The van der Waals surface area contributed by atoms with Gasteiger partial charge in [0.15, 0.2) is 0 Å². The summed E-state index contributed by atoms with van der Waals surface area (Å²) in [4.78, 5) is 4.81. The van der Waals surface area contributed by atoms with Crippen molar-refractivity contribution in [3.63, 3.8) is 0 Å². The fourth-order valence-electron chi connectivity index (χ4n) is 6.41. The maximum absolute atomic E-state index is 3.37. The molecule has 52 heavy (non-hydrogen) atoms. The van der Waals surface area contributed by atoms with Crippen molar-refractivity contribution in [3.05, 3.63) is 167 Å². The molecule has 9 rings (SSSR count). The molecule has 0 radical (unpaired) electrons. The van der Waals surface area contributed by atoms with E-state index in [1.54, 1.807) is 0 Å². The molecule has 0 saturated heterocycles. The first-order valence-electron chi connectivity index (χ1n) is 18.7. The molecule has 9 aromatic rings. The van der Waals surface area contributed by atoms with Crippen molar-refractivity contribution < 1.29 is 0 Å². The molecule has 3 heteroatoms. The summed E-state index contributed by atoms with van der Waals surface area (Å²) < 4.78 is 3.71. The van der Waals surface area contributed by atoms with Crippen LogP contribution in [0, 0.1) is 20.8 Å². The standard InChI is InChI=1S/C17H12N2.C12H16.C10H10S.C6H6.2C2H6/c1-19-13-4-2-3-10-5-6-12-16(15(10)13)14(19)9-11-7-8-18-17(11)12;1-4-5-11(3)12-8-6-10(2)7-9-12;1-7-8(2)11-10-6-4-3-5-9(7)10;1-2-4-6-5-3-1;2*1-2/h2-9,18H,1H3;4-9,11H,1-3H3;3-6H,1-2H3;1-6H;2*1-2H3/b;5-4-;;;;. The minimum absolute atomic E-state index is 0.538. The van der Waals surface area contributed by atoms with Gasteiger partial charge in [0.25, 0.3) is 0 Å². The van der Waals surface area contributed by atoms with Crippen LogP contribution in [0.25, 0.3) is 53.6 Å². The number of aromatic amines is 1. The Balaban J connectivity index is 0.000000161. The van der Waals surface area contributed by atoms with Crippen LogP contribution >= 0.6 is 11.3 Å². The summed E-state index contributed by atoms with van der Waals surface area (Å²) in [5, 5.41) is 8.10. The lowest BCUT2D eigenvalue weighted by molar-refractivity contribution is 0.964. The van der Waals surface area contributed by atoms with Gasteiger partial charge >= 0.3 is 0 Å². The second-order valence-electron chi connectivity index (χ2n) is 12.4. The van der Waals surface area contributed by atoms with Crippen LogP contribution in [0.5, 0.6) is 0 Å². The largest absolute Gasteiger partial charge is 0.361 e. The molecule has 1 unspecified atom stereocenters. The summed E-state index contributed by atoms with van der Waals surface area (Å²) >= 11 is 1.88. The molecule has 1 N–H and O–H groups in total. The molecule has 3 aromatic heterocycles. The van der Waals surface area contributed by atoms with E-state index in [1.807, 2.05) is 81.6 Å². The number of aryl methyl sites for hydroxylation is 4. The fourth-order valence-corrected chi connectivity index (χ4v) is 7.48. The zero-order valence-corrected chi connectivity index (χ0v) is 33.6. The first kappa shape index (κ1) is 39.7. The van der Waals surface area contributed by atoms with Crippen molar-refractivity contribution in [3.8, 4) is 0 Å². The highest BCUT2D eigenvalue weighted by atomic mass is 32.1. The van der Waals surface area contributed by atoms with Gasteiger partial charge in [-0.15, -0.1) is 11.3 Å². The van der Waals surface area contributed by atoms with E-state index in [2.05, 4.69) is 154 Å². The third kappa shape index (κ3) is 9.02. The number of aromatic nitrogens is 2. The molecule has 0 fully saturated rings. The van der Waals surface area contributed by atoms with Gasteiger partial charge < -0.3 is 9.55 Å². The molecule has 0 aliphatic carbocycles. The van der Waals surface area contributed by atoms with Gasteiger partial charge in [0.1, 0.15) is 0 Å². The summed E-state index contributed by atoms with van der Waals surface area (Å²) in [6.45, 7) is 18.8. The molecule has 0 aliphatic rings. The third-order valence-corrected chi connectivity index (χ3v) is 10.4. The maximum atomic E-state index is 3.37. The Morgan fingerprint density at radius 3 is 1.92 bits per heavy atom. The number of benzene rings is 6. The van der Waals surface area contributed by atoms with Crippen LogP contribution in [0.2, 0.25) is 0 Å². The molecular weight excluding hydrogens is 649 g/mol. The Hall–Kier alpha value is -5.12. The Labute approximate surface area is 315 Å². The molecule has 1 atom stereocenters. The van der Waals surface area contributed by atoms with E-state index in [0.29, 0.717) is 5.92 Å². The molecule has 0 amide bonds. The summed E-state index contributed by atoms with van der Waals surface area (Å²) in [5.74, 6) is 0.538. The monoisotopic (exact) mass is 704 g/mol. The number of hydrogen-bond acceptors (Lipinski definition) is 1. The average Bonchev–Trinajstić information content (AvgIpc) is 3.88. The third-order valence-electron chi connectivity index (χ3n) is 9.18. The second kappa shape index (κ2) is 19.5. The highest BCUT2D eigenvalue weighted by molar-refractivity contribution is 7.19. The van der Waals surface area contributed by atoms with Gasteiger partial charge in [-0.3, -0.25) is 0 Å². The van der Waals surface area contributed by atoms with Gasteiger partial charge in [0.05, 0.1) is 11.0 Å². The van der Waals surface area contributed by atoms with Crippen molar-refractivity contribution in [2.24, 2.45) is 7.05 Å². The highest BCUT2D eigenvalue weighted by Gasteiger charge is 2.15. The van der Waals surface area contributed by atoms with Gasteiger partial charge in [-0.25, -0.2) is 0 Å². The van der Waals surface area contributed by atoms with Crippen molar-refractivity contribution >= 4 is 64.9 Å². The van der Waals surface area contributed by atoms with Crippen LogP contribution in [0.4, 0.5) is 0 Å². The van der Waals surface area contributed by atoms with Gasteiger partial charge in [-0.1, -0.05) is 155 Å². The number of nitrogens with one attached hydrogen (secondary N) is 1. The summed E-state index contributed by atoms with van der Waals surface area (Å²) in [6, 6.07) is 44.7. The van der Waals surface area contributed by atoms with Crippen LogP contribution in [0.3, 0.4) is 0 Å². The van der Waals surface area contributed by atoms with Crippen LogP contribution < -0.4 is 0 Å². The Kier molecular flexibility index (Phi) is 14.9. The Bertz CT molecular complexity index is 2380. The van der Waals surface area contributed by atoms with Crippen LogP contribution in [-0.4, -0.2) is 9.55 Å². The van der Waals surface area contributed by atoms with E-state index in [1.165, 1.54) is 75.1 Å². The van der Waals surface area contributed by atoms with Gasteiger partial charge in [0, 0.05) is 49.9 Å². The number of fused-ring (bicyclic) bond motifs is 3. The lowest BCUT2D eigenvalue weighted by Crippen LogP contribution is -1.87. The number of hydrogen-bond donors (Lipinski definition) is 1. The molecular formula is C49H56N2S. The number of nitrogens with zero attached hydrogens (tertiary/aromatic N) is 1.